The summed E-state index contributed by atoms with van der Waals surface area (Å²) < 4.78 is 0. The average molecular weight is 262 g/mol. The van der Waals surface area contributed by atoms with Gasteiger partial charge >= 0.3 is 0 Å². The van der Waals surface area contributed by atoms with Crippen LogP contribution in [0.15, 0.2) is 18.2 Å². The third-order valence-corrected chi connectivity index (χ3v) is 1.89. The fourth-order valence-corrected chi connectivity index (χ4v) is 0.869. The second-order valence-electron chi connectivity index (χ2n) is 1.71. The minimum atomic E-state index is 0. The van der Waals surface area contributed by atoms with Gasteiger partial charge < -0.3 is 0 Å². The first-order valence-corrected chi connectivity index (χ1v) is 3.23. The van der Waals surface area contributed by atoms with Crippen LogP contribution in [0.4, 0.5) is 0 Å². The van der Waals surface area contributed by atoms with Crippen molar-refractivity contribution in [2.24, 2.45) is 0 Å². The van der Waals surface area contributed by atoms with Crippen LogP contribution in [-0.4, -0.2) is 0 Å². The van der Waals surface area contributed by atoms with E-state index in [4.69, 9.17) is 23.2 Å². The van der Waals surface area contributed by atoms with Gasteiger partial charge in [-0.1, -0.05) is 17.7 Å². The third-order valence-electron chi connectivity index (χ3n) is 1.03. The van der Waals surface area contributed by atoms with Gasteiger partial charge in [-0.05, 0) is 5.02 Å². The molecule has 0 aliphatic carbocycles. The van der Waals surface area contributed by atoms with Crippen molar-refractivity contribution in [3.05, 3.63) is 40.7 Å². The van der Waals surface area contributed by atoms with Gasteiger partial charge in [0.2, 0.25) is 0 Å². The van der Waals surface area contributed by atoms with E-state index >= 15 is 0 Å². The smallest absolute Gasteiger partial charge is 0.00307 e. The van der Waals surface area contributed by atoms with Crippen molar-refractivity contribution in [1.82, 2.24) is 0 Å². The van der Waals surface area contributed by atoms with Crippen molar-refractivity contribution in [1.29, 1.82) is 0 Å². The molecule has 4 heteroatoms. The maximum atomic E-state index is 5.68. The van der Waals surface area contributed by atoms with Crippen molar-refractivity contribution in [3.8, 4) is 0 Å². The maximum Gasteiger partial charge on any atom is 0.00307 e. The standard InChI is InChI=1S/C7H5Cl2.ClH.Zn/c1-5-3-2-4-6(8)7(5)9;;/h2-4H,1H2;1H;/q-1;;. The van der Waals surface area contributed by atoms with Crippen LogP contribution in [0.3, 0.4) is 0 Å². The molecule has 1 rings (SSSR count). The first kappa shape index (κ1) is 14.1. The second kappa shape index (κ2) is 6.14. The zero-order valence-corrected chi connectivity index (χ0v) is 11.1. The molecule has 0 amide bonds. The number of hydrogen-bond acceptors (Lipinski definition) is 0. The summed E-state index contributed by atoms with van der Waals surface area (Å²) in [5, 5.41) is 1.10. The molecule has 0 heterocycles. The molecule has 1 aromatic carbocycles. The van der Waals surface area contributed by atoms with Gasteiger partial charge in [-0.2, -0.15) is 30.2 Å². The van der Waals surface area contributed by atoms with Crippen molar-refractivity contribution in [2.75, 3.05) is 0 Å². The van der Waals surface area contributed by atoms with Crippen LogP contribution >= 0.6 is 35.6 Å². The number of halogens is 3. The molecule has 0 unspecified atom stereocenters. The summed E-state index contributed by atoms with van der Waals surface area (Å²) in [5.41, 5.74) is 0.768. The molecular formula is C7H6Cl3Zn-. The minimum Gasteiger partial charge on any atom is -0.197 e. The van der Waals surface area contributed by atoms with Gasteiger partial charge in [-0.3, -0.25) is 0 Å². The summed E-state index contributed by atoms with van der Waals surface area (Å²) in [6.07, 6.45) is 0. The molecule has 0 saturated heterocycles. The molecular weight excluding hydrogens is 256 g/mol. The predicted octanol–water partition coefficient (Wildman–Crippen LogP) is 3.59. The Bertz CT molecular complexity index is 205. The average Bonchev–Trinajstić information content (AvgIpc) is 1.83. The van der Waals surface area contributed by atoms with Crippen LogP contribution in [0.1, 0.15) is 5.56 Å². The molecule has 0 aliphatic heterocycles. The monoisotopic (exact) mass is 259 g/mol. The predicted molar refractivity (Wildman–Crippen MR) is 48.2 cm³/mol. The van der Waals surface area contributed by atoms with Crippen LogP contribution in [0, 0.1) is 6.92 Å². The van der Waals surface area contributed by atoms with Crippen molar-refractivity contribution in [2.45, 2.75) is 0 Å². The van der Waals surface area contributed by atoms with E-state index in [9.17, 15) is 0 Å². The molecule has 58 valence electrons. The summed E-state index contributed by atoms with van der Waals surface area (Å²) in [6, 6.07) is 5.36. The normalized spacial score (nSPS) is 7.82. The molecule has 0 bridgehead atoms. The molecule has 0 aromatic heterocycles. The summed E-state index contributed by atoms with van der Waals surface area (Å²) >= 11 is 11.3. The minimum absolute atomic E-state index is 0. The quantitative estimate of drug-likeness (QED) is 0.495. The Labute approximate surface area is 95.4 Å². The Morgan fingerprint density at radius 1 is 1.18 bits per heavy atom. The molecule has 0 N–H and O–H groups in total. The van der Waals surface area contributed by atoms with Crippen LogP contribution in [0.5, 0.6) is 0 Å². The number of benzene rings is 1. The molecule has 11 heavy (non-hydrogen) atoms. The molecule has 0 spiro atoms. The second-order valence-corrected chi connectivity index (χ2v) is 2.50. The van der Waals surface area contributed by atoms with Crippen LogP contribution in [-0.2, 0) is 19.5 Å². The van der Waals surface area contributed by atoms with E-state index in [1.54, 1.807) is 6.07 Å². The van der Waals surface area contributed by atoms with E-state index in [1.807, 2.05) is 12.1 Å². The molecule has 1 aromatic rings. The van der Waals surface area contributed by atoms with Gasteiger partial charge in [0, 0.05) is 24.5 Å². The van der Waals surface area contributed by atoms with Gasteiger partial charge in [-0.15, -0.1) is 18.5 Å². The van der Waals surface area contributed by atoms with E-state index in [0.29, 0.717) is 10.0 Å². The Morgan fingerprint density at radius 3 is 2.09 bits per heavy atom. The molecule has 0 radical (unpaired) electrons. The topological polar surface area (TPSA) is 0 Å². The van der Waals surface area contributed by atoms with Crippen LogP contribution in [0.2, 0.25) is 10.0 Å². The Balaban J connectivity index is 0. The first-order valence-electron chi connectivity index (χ1n) is 2.48. The fraction of sp³-hybridized carbons (Fsp3) is 0. The maximum absolute atomic E-state index is 5.68. The fourth-order valence-electron chi connectivity index (χ4n) is 0.548. The third kappa shape index (κ3) is 3.67. The molecule has 0 atom stereocenters. The van der Waals surface area contributed by atoms with Gasteiger partial charge in [0.25, 0.3) is 0 Å². The Kier molecular flexibility index (Phi) is 7.88. The van der Waals surface area contributed by atoms with E-state index in [0.717, 1.165) is 5.56 Å². The molecule has 0 saturated carbocycles. The van der Waals surface area contributed by atoms with Crippen molar-refractivity contribution in [3.63, 3.8) is 0 Å². The first-order chi connectivity index (χ1) is 4.22. The summed E-state index contributed by atoms with van der Waals surface area (Å²) in [7, 11) is 0. The zero-order valence-electron chi connectivity index (χ0n) is 5.81. The summed E-state index contributed by atoms with van der Waals surface area (Å²) in [6.45, 7) is 3.66. The largest absolute Gasteiger partial charge is 0.197 e. The SMILES string of the molecule is Cl.[CH2-]c1cccc(Cl)c1Cl.[Zn]. The van der Waals surface area contributed by atoms with Crippen molar-refractivity contribution >= 4 is 35.6 Å². The Morgan fingerprint density at radius 2 is 1.73 bits per heavy atom. The number of rotatable bonds is 0. The van der Waals surface area contributed by atoms with Gasteiger partial charge in [0.15, 0.2) is 0 Å². The van der Waals surface area contributed by atoms with Crippen LogP contribution in [0.25, 0.3) is 0 Å². The molecule has 0 nitrogen and oxygen atoms in total. The molecule has 0 aliphatic rings. The van der Waals surface area contributed by atoms with E-state index < -0.39 is 0 Å². The van der Waals surface area contributed by atoms with E-state index in [1.165, 1.54) is 0 Å². The zero-order chi connectivity index (χ0) is 6.85. The van der Waals surface area contributed by atoms with E-state index in [2.05, 4.69) is 6.92 Å². The van der Waals surface area contributed by atoms with Crippen LogP contribution < -0.4 is 0 Å². The van der Waals surface area contributed by atoms with Gasteiger partial charge in [-0.25, -0.2) is 0 Å². The van der Waals surface area contributed by atoms with E-state index in [-0.39, 0.29) is 31.9 Å². The summed E-state index contributed by atoms with van der Waals surface area (Å²) in [5.74, 6) is 0. The van der Waals surface area contributed by atoms with Crippen molar-refractivity contribution < 1.29 is 19.5 Å². The Hall–Kier alpha value is 0.583. The summed E-state index contributed by atoms with van der Waals surface area (Å²) in [4.78, 5) is 0. The molecule has 0 fully saturated rings. The van der Waals surface area contributed by atoms with Gasteiger partial charge in [0.1, 0.15) is 0 Å². The van der Waals surface area contributed by atoms with Gasteiger partial charge in [0.05, 0.1) is 0 Å². The number of hydrogen-bond donors (Lipinski definition) is 0.